The van der Waals surface area contributed by atoms with Gasteiger partial charge in [0.25, 0.3) is 0 Å². The van der Waals surface area contributed by atoms with Crippen molar-refractivity contribution in [3.05, 3.63) is 50.9 Å². The molecule has 1 aromatic heterocycles. The Kier molecular flexibility index (Phi) is 6.09. The summed E-state index contributed by atoms with van der Waals surface area (Å²) in [4.78, 5) is 27.2. The van der Waals surface area contributed by atoms with E-state index in [0.29, 0.717) is 12.8 Å². The summed E-state index contributed by atoms with van der Waals surface area (Å²) in [6.07, 6.45) is 2.40. The van der Waals surface area contributed by atoms with Crippen molar-refractivity contribution in [1.82, 2.24) is 10.3 Å². The average molecular weight is 383 g/mol. The number of thiazole rings is 1. The summed E-state index contributed by atoms with van der Waals surface area (Å²) in [7, 11) is 0. The van der Waals surface area contributed by atoms with Gasteiger partial charge in [0.2, 0.25) is 5.91 Å². The molecule has 1 heterocycles. The Hall–Kier alpha value is -1.73. The number of carboxylic acids is 1. The van der Waals surface area contributed by atoms with Crippen molar-refractivity contribution >= 4 is 39.1 Å². The van der Waals surface area contributed by atoms with Crippen LogP contribution in [0.15, 0.2) is 40.3 Å². The van der Waals surface area contributed by atoms with Crippen LogP contribution >= 0.6 is 27.3 Å². The van der Waals surface area contributed by atoms with Crippen LogP contribution in [0.4, 0.5) is 0 Å². The second-order valence-corrected chi connectivity index (χ2v) is 6.59. The van der Waals surface area contributed by atoms with Gasteiger partial charge in [0.1, 0.15) is 0 Å². The normalized spacial score (nSPS) is 11.9. The van der Waals surface area contributed by atoms with E-state index in [0.717, 1.165) is 15.0 Å². The molecule has 7 heteroatoms. The smallest absolute Gasteiger partial charge is 0.305 e. The largest absolute Gasteiger partial charge is 0.481 e. The van der Waals surface area contributed by atoms with Gasteiger partial charge in [-0.15, -0.1) is 11.3 Å². The van der Waals surface area contributed by atoms with E-state index in [1.165, 1.54) is 11.3 Å². The first-order valence-corrected chi connectivity index (χ1v) is 8.37. The second kappa shape index (κ2) is 8.05. The molecule has 0 spiro atoms. The van der Waals surface area contributed by atoms with Crippen molar-refractivity contribution in [3.63, 3.8) is 0 Å². The molecule has 116 valence electrons. The number of aryl methyl sites for hydroxylation is 1. The van der Waals surface area contributed by atoms with Gasteiger partial charge in [-0.25, -0.2) is 4.98 Å². The number of aromatic nitrogens is 1. The lowest BCUT2D eigenvalue weighted by Gasteiger charge is -2.17. The molecule has 5 nitrogen and oxygen atoms in total. The summed E-state index contributed by atoms with van der Waals surface area (Å²) in [5.41, 5.74) is 0.771. The number of nitrogens with zero attached hydrogens (tertiary/aromatic N) is 1. The fourth-order valence-corrected chi connectivity index (χ4v) is 2.87. The summed E-state index contributed by atoms with van der Waals surface area (Å²) < 4.78 is 0.903. The van der Waals surface area contributed by atoms with Gasteiger partial charge in [-0.2, -0.15) is 0 Å². The zero-order valence-corrected chi connectivity index (χ0v) is 14.1. The average Bonchev–Trinajstić information content (AvgIpc) is 2.98. The SMILES string of the molecule is O=C(O)CC(NC(=O)CCc1nccs1)c1ccc(Br)cc1. The lowest BCUT2D eigenvalue weighted by molar-refractivity contribution is -0.137. The van der Waals surface area contributed by atoms with Crippen LogP contribution in [0.1, 0.15) is 29.5 Å². The van der Waals surface area contributed by atoms with Crippen LogP contribution in [0.2, 0.25) is 0 Å². The zero-order chi connectivity index (χ0) is 15.9. The van der Waals surface area contributed by atoms with E-state index in [1.54, 1.807) is 18.3 Å². The molecule has 2 N–H and O–H groups in total. The number of aliphatic carboxylic acids is 1. The van der Waals surface area contributed by atoms with Crippen LogP contribution < -0.4 is 5.32 Å². The van der Waals surface area contributed by atoms with Crippen molar-refractivity contribution in [2.24, 2.45) is 0 Å². The number of benzene rings is 1. The first-order chi connectivity index (χ1) is 10.5. The fraction of sp³-hybridized carbons (Fsp3) is 0.267. The summed E-state index contributed by atoms with van der Waals surface area (Å²) in [6.45, 7) is 0. The highest BCUT2D eigenvalue weighted by molar-refractivity contribution is 9.10. The van der Waals surface area contributed by atoms with E-state index in [1.807, 2.05) is 17.5 Å². The molecule has 1 atom stereocenters. The standard InChI is InChI=1S/C15H15BrN2O3S/c16-11-3-1-10(2-4-11)12(9-15(20)21)18-13(19)5-6-14-17-7-8-22-14/h1-4,7-8,12H,5-6,9H2,(H,18,19)(H,20,21). The third-order valence-corrected chi connectivity index (χ3v) is 4.40. The van der Waals surface area contributed by atoms with E-state index >= 15 is 0 Å². The van der Waals surface area contributed by atoms with Crippen LogP contribution in [0, 0.1) is 0 Å². The number of amides is 1. The van der Waals surface area contributed by atoms with Crippen LogP contribution in [-0.2, 0) is 16.0 Å². The number of hydrogen-bond acceptors (Lipinski definition) is 4. The minimum atomic E-state index is -0.951. The first kappa shape index (κ1) is 16.6. The molecule has 0 aliphatic rings. The fourth-order valence-electron chi connectivity index (χ4n) is 1.99. The van der Waals surface area contributed by atoms with Crippen LogP contribution in [0.25, 0.3) is 0 Å². The highest BCUT2D eigenvalue weighted by Crippen LogP contribution is 2.20. The lowest BCUT2D eigenvalue weighted by Crippen LogP contribution is -2.30. The number of rotatable bonds is 7. The zero-order valence-electron chi connectivity index (χ0n) is 11.7. The summed E-state index contributed by atoms with van der Waals surface area (Å²) in [6, 6.07) is 6.73. The highest BCUT2D eigenvalue weighted by atomic mass is 79.9. The predicted molar refractivity (Wildman–Crippen MR) is 87.7 cm³/mol. The molecule has 0 saturated carbocycles. The Morgan fingerprint density at radius 3 is 2.64 bits per heavy atom. The van der Waals surface area contributed by atoms with E-state index in [2.05, 4.69) is 26.2 Å². The van der Waals surface area contributed by atoms with Gasteiger partial charge in [0, 0.05) is 28.9 Å². The summed E-state index contributed by atoms with van der Waals surface area (Å²) >= 11 is 4.84. The van der Waals surface area contributed by atoms with Crippen LogP contribution in [-0.4, -0.2) is 22.0 Å². The van der Waals surface area contributed by atoms with E-state index in [4.69, 9.17) is 5.11 Å². The molecule has 1 unspecified atom stereocenters. The summed E-state index contributed by atoms with van der Waals surface area (Å²) in [5, 5.41) is 14.6. The molecule has 0 bridgehead atoms. The molecular formula is C15H15BrN2O3S. The number of carbonyl (C=O) groups excluding carboxylic acids is 1. The predicted octanol–water partition coefficient (Wildman–Crippen LogP) is 3.17. The number of carbonyl (C=O) groups is 2. The maximum atomic E-state index is 12.0. The van der Waals surface area contributed by atoms with Crippen molar-refractivity contribution in [2.75, 3.05) is 0 Å². The van der Waals surface area contributed by atoms with Gasteiger partial charge < -0.3 is 10.4 Å². The van der Waals surface area contributed by atoms with Crippen molar-refractivity contribution in [3.8, 4) is 0 Å². The van der Waals surface area contributed by atoms with Gasteiger partial charge in [0.15, 0.2) is 0 Å². The quantitative estimate of drug-likeness (QED) is 0.770. The number of halogens is 1. The van der Waals surface area contributed by atoms with Crippen molar-refractivity contribution in [2.45, 2.75) is 25.3 Å². The molecule has 0 fully saturated rings. The molecule has 0 aliphatic heterocycles. The Bertz CT molecular complexity index is 629. The molecular weight excluding hydrogens is 368 g/mol. The van der Waals surface area contributed by atoms with Gasteiger partial charge in [-0.05, 0) is 17.7 Å². The minimum absolute atomic E-state index is 0.148. The minimum Gasteiger partial charge on any atom is -0.481 e. The molecule has 22 heavy (non-hydrogen) atoms. The van der Waals surface area contributed by atoms with E-state index in [-0.39, 0.29) is 12.3 Å². The molecule has 0 radical (unpaired) electrons. The highest BCUT2D eigenvalue weighted by Gasteiger charge is 2.18. The molecule has 2 rings (SSSR count). The van der Waals surface area contributed by atoms with Gasteiger partial charge in [-0.3, -0.25) is 9.59 Å². The molecule has 0 saturated heterocycles. The Morgan fingerprint density at radius 2 is 2.05 bits per heavy atom. The van der Waals surface area contributed by atoms with E-state index in [9.17, 15) is 9.59 Å². The monoisotopic (exact) mass is 382 g/mol. The van der Waals surface area contributed by atoms with Gasteiger partial charge >= 0.3 is 5.97 Å². The third kappa shape index (κ3) is 5.23. The number of carboxylic acid groups (broad SMARTS) is 1. The van der Waals surface area contributed by atoms with Crippen LogP contribution in [0.3, 0.4) is 0 Å². The number of nitrogens with one attached hydrogen (secondary N) is 1. The van der Waals surface area contributed by atoms with Crippen LogP contribution in [0.5, 0.6) is 0 Å². The topological polar surface area (TPSA) is 79.3 Å². The lowest BCUT2D eigenvalue weighted by atomic mass is 10.0. The third-order valence-electron chi connectivity index (χ3n) is 3.04. The molecule has 2 aromatic rings. The molecule has 1 amide bonds. The maximum Gasteiger partial charge on any atom is 0.305 e. The Balaban J connectivity index is 1.98. The number of hydrogen-bond donors (Lipinski definition) is 2. The first-order valence-electron chi connectivity index (χ1n) is 6.69. The Labute approximate surface area is 140 Å². The molecule has 1 aromatic carbocycles. The molecule has 0 aliphatic carbocycles. The summed E-state index contributed by atoms with van der Waals surface area (Å²) in [5.74, 6) is -1.13. The maximum absolute atomic E-state index is 12.0. The van der Waals surface area contributed by atoms with Crippen molar-refractivity contribution in [1.29, 1.82) is 0 Å². The van der Waals surface area contributed by atoms with E-state index < -0.39 is 12.0 Å². The van der Waals surface area contributed by atoms with Crippen molar-refractivity contribution < 1.29 is 14.7 Å². The van der Waals surface area contributed by atoms with Gasteiger partial charge in [0.05, 0.1) is 17.5 Å². The van der Waals surface area contributed by atoms with Gasteiger partial charge in [-0.1, -0.05) is 28.1 Å². The second-order valence-electron chi connectivity index (χ2n) is 4.70. The Morgan fingerprint density at radius 1 is 1.32 bits per heavy atom.